The van der Waals surface area contributed by atoms with Crippen LogP contribution in [0.1, 0.15) is 61.5 Å². The Balaban J connectivity index is 1.92. The predicted molar refractivity (Wildman–Crippen MR) is 122 cm³/mol. The maximum absolute atomic E-state index is 13.5. The number of ether oxygens (including phenoxy) is 1. The highest BCUT2D eigenvalue weighted by Gasteiger charge is 2.39. The number of rotatable bonds is 5. The van der Waals surface area contributed by atoms with Crippen molar-refractivity contribution in [2.45, 2.75) is 58.2 Å². The number of amides is 3. The van der Waals surface area contributed by atoms with Gasteiger partial charge in [0.05, 0.1) is 12.5 Å². The Morgan fingerprint density at radius 3 is 2.44 bits per heavy atom. The summed E-state index contributed by atoms with van der Waals surface area (Å²) in [7, 11) is 0. The number of nitrogens with zero attached hydrogens (tertiary/aromatic N) is 1. The molecular formula is C25H31N3O4. The summed E-state index contributed by atoms with van der Waals surface area (Å²) in [5, 5.41) is 2.68. The molecular weight excluding hydrogens is 406 g/mol. The molecule has 2 aromatic carbocycles. The Bertz CT molecular complexity index is 1010. The zero-order valence-corrected chi connectivity index (χ0v) is 19.1. The molecule has 2 aromatic rings. The molecule has 170 valence electrons. The third kappa shape index (κ3) is 5.46. The second-order valence-corrected chi connectivity index (χ2v) is 9.09. The first-order chi connectivity index (χ1) is 15.1. The van der Waals surface area contributed by atoms with Crippen LogP contribution in [0.4, 0.5) is 4.79 Å². The number of primary amides is 1. The first kappa shape index (κ1) is 23.3. The van der Waals surface area contributed by atoms with Crippen LogP contribution in [0.3, 0.4) is 0 Å². The first-order valence-electron chi connectivity index (χ1n) is 10.8. The van der Waals surface area contributed by atoms with Crippen molar-refractivity contribution in [1.29, 1.82) is 0 Å². The third-order valence-electron chi connectivity index (χ3n) is 5.49. The second-order valence-electron chi connectivity index (χ2n) is 9.09. The number of hydrogen-bond acceptors (Lipinski definition) is 4. The van der Waals surface area contributed by atoms with Crippen molar-refractivity contribution in [3.63, 3.8) is 0 Å². The third-order valence-corrected chi connectivity index (χ3v) is 5.49. The van der Waals surface area contributed by atoms with Crippen LogP contribution in [0.2, 0.25) is 0 Å². The van der Waals surface area contributed by atoms with E-state index in [9.17, 15) is 14.4 Å². The first-order valence-corrected chi connectivity index (χ1v) is 10.8. The average Bonchev–Trinajstić information content (AvgIpc) is 2.71. The highest BCUT2D eigenvalue weighted by molar-refractivity contribution is 5.87. The molecule has 0 bridgehead atoms. The molecule has 32 heavy (non-hydrogen) atoms. The van der Waals surface area contributed by atoms with E-state index in [1.807, 2.05) is 55.5 Å². The fraction of sp³-hybridized carbons (Fsp3) is 0.400. The lowest BCUT2D eigenvalue weighted by Gasteiger charge is -2.38. The molecule has 7 nitrogen and oxygen atoms in total. The number of nitrogens with one attached hydrogen (secondary N) is 1. The number of esters is 1. The molecule has 3 N–H and O–H groups in total. The number of benzene rings is 2. The van der Waals surface area contributed by atoms with E-state index in [0.29, 0.717) is 13.0 Å². The van der Waals surface area contributed by atoms with Crippen molar-refractivity contribution < 1.29 is 19.1 Å². The van der Waals surface area contributed by atoms with Gasteiger partial charge in [-0.2, -0.15) is 0 Å². The van der Waals surface area contributed by atoms with Crippen LogP contribution in [0.5, 0.6) is 0 Å². The SMILES string of the molecule is Cc1ccccc1C(CC(=O)N1CCc2ccccc2C1C(=O)OC(C)(C)C)NC(N)=O. The van der Waals surface area contributed by atoms with Gasteiger partial charge in [0.1, 0.15) is 5.60 Å². The predicted octanol–water partition coefficient (Wildman–Crippen LogP) is 3.56. The second kappa shape index (κ2) is 9.42. The van der Waals surface area contributed by atoms with Crippen molar-refractivity contribution in [2.75, 3.05) is 6.54 Å². The van der Waals surface area contributed by atoms with E-state index in [-0.39, 0.29) is 12.3 Å². The smallest absolute Gasteiger partial charge is 0.334 e. The Labute approximate surface area is 188 Å². The fourth-order valence-electron chi connectivity index (χ4n) is 4.13. The fourth-order valence-corrected chi connectivity index (χ4v) is 4.13. The van der Waals surface area contributed by atoms with Gasteiger partial charge in [0, 0.05) is 6.54 Å². The minimum Gasteiger partial charge on any atom is -0.458 e. The van der Waals surface area contributed by atoms with E-state index < -0.39 is 29.7 Å². The highest BCUT2D eigenvalue weighted by Crippen LogP contribution is 2.33. The summed E-state index contributed by atoms with van der Waals surface area (Å²) in [5.41, 5.74) is 8.26. The van der Waals surface area contributed by atoms with Crippen LogP contribution in [0, 0.1) is 6.92 Å². The van der Waals surface area contributed by atoms with Gasteiger partial charge in [0.2, 0.25) is 5.91 Å². The van der Waals surface area contributed by atoms with Gasteiger partial charge in [-0.1, -0.05) is 48.5 Å². The maximum Gasteiger partial charge on any atom is 0.334 e. The Morgan fingerprint density at radius 1 is 1.12 bits per heavy atom. The number of urea groups is 1. The van der Waals surface area contributed by atoms with Crippen LogP contribution >= 0.6 is 0 Å². The molecule has 0 aliphatic carbocycles. The van der Waals surface area contributed by atoms with E-state index in [1.165, 1.54) is 0 Å². The molecule has 1 heterocycles. The number of aryl methyl sites for hydroxylation is 1. The average molecular weight is 438 g/mol. The summed E-state index contributed by atoms with van der Waals surface area (Å²) in [4.78, 5) is 39.9. The van der Waals surface area contributed by atoms with Crippen molar-refractivity contribution >= 4 is 17.9 Å². The van der Waals surface area contributed by atoms with Gasteiger partial charge >= 0.3 is 12.0 Å². The molecule has 0 spiro atoms. The van der Waals surface area contributed by atoms with E-state index in [2.05, 4.69) is 5.32 Å². The largest absolute Gasteiger partial charge is 0.458 e. The van der Waals surface area contributed by atoms with Crippen molar-refractivity contribution in [1.82, 2.24) is 10.2 Å². The molecule has 3 amide bonds. The number of hydrogen-bond donors (Lipinski definition) is 2. The van der Waals surface area contributed by atoms with Crippen LogP contribution in [0.15, 0.2) is 48.5 Å². The molecule has 7 heteroatoms. The van der Waals surface area contributed by atoms with Gasteiger partial charge in [-0.05, 0) is 56.4 Å². The lowest BCUT2D eigenvalue weighted by Crippen LogP contribution is -2.47. The summed E-state index contributed by atoms with van der Waals surface area (Å²) in [6.45, 7) is 7.71. The van der Waals surface area contributed by atoms with E-state index in [4.69, 9.17) is 10.5 Å². The minimum atomic E-state index is -0.835. The van der Waals surface area contributed by atoms with Gasteiger partial charge in [-0.25, -0.2) is 9.59 Å². The van der Waals surface area contributed by atoms with Gasteiger partial charge in [-0.15, -0.1) is 0 Å². The van der Waals surface area contributed by atoms with Crippen LogP contribution < -0.4 is 11.1 Å². The minimum absolute atomic E-state index is 0.0186. The van der Waals surface area contributed by atoms with E-state index in [0.717, 1.165) is 22.3 Å². The molecule has 1 aliphatic rings. The topological polar surface area (TPSA) is 102 Å². The molecule has 0 radical (unpaired) electrons. The van der Waals surface area contributed by atoms with Crippen LogP contribution in [0.25, 0.3) is 0 Å². The van der Waals surface area contributed by atoms with Crippen LogP contribution in [-0.4, -0.2) is 35.0 Å². The zero-order chi connectivity index (χ0) is 23.5. The highest BCUT2D eigenvalue weighted by atomic mass is 16.6. The molecule has 0 saturated heterocycles. The van der Waals surface area contributed by atoms with Crippen LogP contribution in [-0.2, 0) is 20.7 Å². The summed E-state index contributed by atoms with van der Waals surface area (Å²) in [6.07, 6.45) is 0.620. The van der Waals surface area contributed by atoms with E-state index in [1.54, 1.807) is 25.7 Å². The number of fused-ring (bicyclic) bond motifs is 1. The summed E-state index contributed by atoms with van der Waals surface area (Å²) < 4.78 is 5.67. The van der Waals surface area contributed by atoms with Crippen molar-refractivity contribution in [3.8, 4) is 0 Å². The van der Waals surface area contributed by atoms with E-state index >= 15 is 0 Å². The lowest BCUT2D eigenvalue weighted by molar-refractivity contribution is -0.166. The number of carbonyl (C=O) groups is 3. The molecule has 3 rings (SSSR count). The summed E-state index contributed by atoms with van der Waals surface area (Å²) in [6, 6.07) is 13.0. The van der Waals surface area contributed by atoms with Gasteiger partial charge in [-0.3, -0.25) is 4.79 Å². The molecule has 0 fully saturated rings. The van der Waals surface area contributed by atoms with Crippen molar-refractivity contribution in [2.24, 2.45) is 5.73 Å². The van der Waals surface area contributed by atoms with Gasteiger partial charge < -0.3 is 20.7 Å². The normalized spacial score (nSPS) is 16.6. The standard InChI is InChI=1S/C25H31N3O4/c1-16-9-5-7-11-18(16)20(27-24(26)31)15-21(29)28-14-13-17-10-6-8-12-19(17)22(28)23(30)32-25(2,3)4/h5-12,20,22H,13-15H2,1-4H3,(H3,26,27,31). The Kier molecular flexibility index (Phi) is 6.87. The number of carbonyl (C=O) groups excluding carboxylic acids is 3. The summed E-state index contributed by atoms with van der Waals surface area (Å²) in [5.74, 6) is -0.717. The summed E-state index contributed by atoms with van der Waals surface area (Å²) >= 11 is 0. The molecule has 1 aliphatic heterocycles. The molecule has 2 unspecified atom stereocenters. The zero-order valence-electron chi connectivity index (χ0n) is 19.1. The van der Waals surface area contributed by atoms with Crippen molar-refractivity contribution in [3.05, 3.63) is 70.8 Å². The maximum atomic E-state index is 13.5. The Morgan fingerprint density at radius 2 is 1.78 bits per heavy atom. The number of nitrogens with two attached hydrogens (primary N) is 1. The Hall–Kier alpha value is -3.35. The van der Waals surface area contributed by atoms with Gasteiger partial charge in [0.25, 0.3) is 0 Å². The quantitative estimate of drug-likeness (QED) is 0.698. The lowest BCUT2D eigenvalue weighted by atomic mass is 9.91. The molecule has 2 atom stereocenters. The van der Waals surface area contributed by atoms with Gasteiger partial charge in [0.15, 0.2) is 6.04 Å². The molecule has 0 aromatic heterocycles. The molecule has 0 saturated carbocycles. The monoisotopic (exact) mass is 437 g/mol.